The predicted molar refractivity (Wildman–Crippen MR) is 123 cm³/mol. The zero-order valence-corrected chi connectivity index (χ0v) is 18.9. The topological polar surface area (TPSA) is 103 Å². The minimum atomic E-state index is -0.541. The van der Waals surface area contributed by atoms with Crippen molar-refractivity contribution in [2.24, 2.45) is 11.1 Å². The molecule has 1 aliphatic heterocycles. The van der Waals surface area contributed by atoms with Crippen molar-refractivity contribution in [2.75, 3.05) is 19.8 Å². The maximum absolute atomic E-state index is 14.3. The Morgan fingerprint density at radius 1 is 1.15 bits per heavy atom. The lowest BCUT2D eigenvalue weighted by atomic mass is 9.87. The van der Waals surface area contributed by atoms with E-state index in [1.54, 1.807) is 24.4 Å². The lowest BCUT2D eigenvalue weighted by Crippen LogP contribution is -2.22. The van der Waals surface area contributed by atoms with Crippen LogP contribution in [-0.4, -0.2) is 35.6 Å². The molecule has 1 aliphatic rings. The van der Waals surface area contributed by atoms with Crippen LogP contribution in [0.4, 0.5) is 4.39 Å². The molecule has 33 heavy (non-hydrogen) atoms. The van der Waals surface area contributed by atoms with Crippen molar-refractivity contribution < 1.29 is 18.6 Å². The average molecular weight is 451 g/mol. The molecule has 3 aromatic rings. The maximum Gasteiger partial charge on any atom is 0.220 e. The number of benzene rings is 1. The van der Waals surface area contributed by atoms with Gasteiger partial charge in [0.15, 0.2) is 0 Å². The third kappa shape index (κ3) is 5.28. The molecule has 172 valence electrons. The van der Waals surface area contributed by atoms with Crippen LogP contribution in [0.2, 0.25) is 0 Å². The molecule has 2 aromatic heterocycles. The van der Waals surface area contributed by atoms with Gasteiger partial charge < -0.3 is 19.9 Å². The van der Waals surface area contributed by atoms with Crippen LogP contribution < -0.4 is 15.2 Å². The van der Waals surface area contributed by atoms with E-state index in [2.05, 4.69) is 30.7 Å². The quantitative estimate of drug-likeness (QED) is 0.302. The van der Waals surface area contributed by atoms with E-state index in [1.165, 1.54) is 6.20 Å². The van der Waals surface area contributed by atoms with E-state index >= 15 is 0 Å². The molecule has 1 atom stereocenters. The summed E-state index contributed by atoms with van der Waals surface area (Å²) in [7, 11) is 0. The summed E-state index contributed by atoms with van der Waals surface area (Å²) >= 11 is 0. The van der Waals surface area contributed by atoms with Gasteiger partial charge in [-0.05, 0) is 35.2 Å². The smallest absolute Gasteiger partial charge is 0.220 e. The SMILES string of the molecule is CC(C)(C)COc1cc2c(cn1)Oc1ccc(-c3cccnc3F)cc1C2COCC(=N)N. The molecule has 1 aromatic carbocycles. The highest BCUT2D eigenvalue weighted by molar-refractivity contribution is 5.78. The Labute approximate surface area is 192 Å². The Morgan fingerprint density at radius 3 is 2.67 bits per heavy atom. The summed E-state index contributed by atoms with van der Waals surface area (Å²) in [6, 6.07) is 10.7. The number of rotatable bonds is 7. The van der Waals surface area contributed by atoms with E-state index in [9.17, 15) is 4.39 Å². The number of nitrogens with one attached hydrogen (secondary N) is 1. The lowest BCUT2D eigenvalue weighted by molar-refractivity contribution is 0.158. The normalized spacial score (nSPS) is 14.7. The molecule has 7 nitrogen and oxygen atoms in total. The highest BCUT2D eigenvalue weighted by atomic mass is 19.1. The van der Waals surface area contributed by atoms with Gasteiger partial charge in [-0.2, -0.15) is 4.39 Å². The van der Waals surface area contributed by atoms with Crippen LogP contribution in [-0.2, 0) is 4.74 Å². The number of nitrogens with zero attached hydrogens (tertiary/aromatic N) is 2. The third-order valence-electron chi connectivity index (χ3n) is 5.12. The van der Waals surface area contributed by atoms with Gasteiger partial charge in [0.1, 0.15) is 23.9 Å². The van der Waals surface area contributed by atoms with Crippen LogP contribution in [0, 0.1) is 16.8 Å². The molecule has 8 heteroatoms. The first-order valence-electron chi connectivity index (χ1n) is 10.7. The number of hydrogen-bond donors (Lipinski definition) is 2. The number of pyridine rings is 2. The van der Waals surface area contributed by atoms with Crippen molar-refractivity contribution in [3.63, 3.8) is 0 Å². The first-order chi connectivity index (χ1) is 15.7. The van der Waals surface area contributed by atoms with Gasteiger partial charge in [-0.25, -0.2) is 9.97 Å². The van der Waals surface area contributed by atoms with Crippen LogP contribution in [0.5, 0.6) is 17.4 Å². The standard InChI is InChI=1S/C25H27FN4O3/c1-25(2,3)14-32-23-10-18-19(12-31-13-22(27)28)17-9-15(16-5-4-8-29-24(16)26)6-7-20(17)33-21(18)11-30-23/h4-11,19H,12-14H2,1-3H3,(H3,27,28). The first kappa shape index (κ1) is 22.7. The average Bonchev–Trinajstić information content (AvgIpc) is 2.76. The molecule has 3 heterocycles. The lowest BCUT2D eigenvalue weighted by Gasteiger charge is -2.29. The third-order valence-corrected chi connectivity index (χ3v) is 5.12. The van der Waals surface area contributed by atoms with E-state index in [0.717, 1.165) is 11.1 Å². The van der Waals surface area contributed by atoms with Crippen molar-refractivity contribution >= 4 is 5.84 Å². The molecule has 0 aliphatic carbocycles. The maximum atomic E-state index is 14.3. The predicted octanol–water partition coefficient (Wildman–Crippen LogP) is 4.90. The Balaban J connectivity index is 1.73. The van der Waals surface area contributed by atoms with E-state index < -0.39 is 5.95 Å². The second-order valence-corrected chi connectivity index (χ2v) is 9.20. The summed E-state index contributed by atoms with van der Waals surface area (Å²) in [5, 5.41) is 7.47. The minimum absolute atomic E-state index is 0.0113. The van der Waals surface area contributed by atoms with Crippen LogP contribution in [0.25, 0.3) is 11.1 Å². The van der Waals surface area contributed by atoms with Gasteiger partial charge in [-0.3, -0.25) is 5.41 Å². The fourth-order valence-corrected chi connectivity index (χ4v) is 3.60. The van der Waals surface area contributed by atoms with Gasteiger partial charge in [-0.1, -0.05) is 26.8 Å². The molecule has 4 rings (SSSR count). The molecule has 0 fully saturated rings. The summed E-state index contributed by atoms with van der Waals surface area (Å²) in [5.74, 6) is 0.877. The zero-order valence-electron chi connectivity index (χ0n) is 18.9. The van der Waals surface area contributed by atoms with Crippen LogP contribution in [0.15, 0.2) is 48.8 Å². The molecule has 0 saturated heterocycles. The molecule has 0 amide bonds. The van der Waals surface area contributed by atoms with Crippen LogP contribution in [0.3, 0.4) is 0 Å². The minimum Gasteiger partial charge on any atom is -0.477 e. The molecule has 0 radical (unpaired) electrons. The highest BCUT2D eigenvalue weighted by Gasteiger charge is 2.30. The summed E-state index contributed by atoms with van der Waals surface area (Å²) in [6.45, 7) is 7.03. The second kappa shape index (κ2) is 9.15. The molecule has 0 spiro atoms. The summed E-state index contributed by atoms with van der Waals surface area (Å²) in [5.41, 5.74) is 8.21. The van der Waals surface area contributed by atoms with Gasteiger partial charge >= 0.3 is 0 Å². The fraction of sp³-hybridized carbons (Fsp3) is 0.320. The van der Waals surface area contributed by atoms with Gasteiger partial charge in [0, 0.05) is 34.9 Å². The number of aromatic nitrogens is 2. The number of hydrogen-bond acceptors (Lipinski definition) is 6. The molecule has 0 saturated carbocycles. The van der Waals surface area contributed by atoms with E-state index in [1.807, 2.05) is 18.2 Å². The molecule has 0 bridgehead atoms. The zero-order chi connectivity index (χ0) is 23.6. The van der Waals surface area contributed by atoms with E-state index in [-0.39, 0.29) is 30.4 Å². The summed E-state index contributed by atoms with van der Waals surface area (Å²) in [4.78, 5) is 8.15. The van der Waals surface area contributed by atoms with Gasteiger partial charge in [-0.15, -0.1) is 0 Å². The summed E-state index contributed by atoms with van der Waals surface area (Å²) < 4.78 is 32.1. The van der Waals surface area contributed by atoms with Crippen LogP contribution >= 0.6 is 0 Å². The number of fused-ring (bicyclic) bond motifs is 2. The van der Waals surface area contributed by atoms with Gasteiger partial charge in [0.2, 0.25) is 11.8 Å². The highest BCUT2D eigenvalue weighted by Crippen LogP contribution is 2.46. The van der Waals surface area contributed by atoms with Crippen molar-refractivity contribution in [1.29, 1.82) is 5.41 Å². The van der Waals surface area contributed by atoms with Crippen molar-refractivity contribution in [2.45, 2.75) is 26.7 Å². The largest absolute Gasteiger partial charge is 0.477 e. The molecule has 3 N–H and O–H groups in total. The Morgan fingerprint density at radius 2 is 1.94 bits per heavy atom. The molecular formula is C25H27FN4O3. The Bertz CT molecular complexity index is 1180. The van der Waals surface area contributed by atoms with E-state index in [4.69, 9.17) is 25.4 Å². The number of halogens is 1. The Kier molecular flexibility index (Phi) is 6.29. The van der Waals surface area contributed by atoms with Gasteiger partial charge in [0.25, 0.3) is 0 Å². The van der Waals surface area contributed by atoms with Crippen LogP contribution in [0.1, 0.15) is 37.8 Å². The first-order valence-corrected chi connectivity index (χ1v) is 10.7. The summed E-state index contributed by atoms with van der Waals surface area (Å²) in [6.07, 6.45) is 3.06. The fourth-order valence-electron chi connectivity index (χ4n) is 3.60. The Hall–Kier alpha value is -3.52. The van der Waals surface area contributed by atoms with Gasteiger partial charge in [0.05, 0.1) is 19.4 Å². The monoisotopic (exact) mass is 450 g/mol. The second-order valence-electron chi connectivity index (χ2n) is 9.20. The van der Waals surface area contributed by atoms with Crippen molar-refractivity contribution in [3.8, 4) is 28.5 Å². The number of amidine groups is 1. The van der Waals surface area contributed by atoms with Crippen molar-refractivity contribution in [1.82, 2.24) is 9.97 Å². The molecular weight excluding hydrogens is 423 g/mol. The number of nitrogens with two attached hydrogens (primary N) is 1. The van der Waals surface area contributed by atoms with E-state index in [0.29, 0.717) is 35.1 Å². The molecule has 1 unspecified atom stereocenters. The number of ether oxygens (including phenoxy) is 3. The van der Waals surface area contributed by atoms with Crippen molar-refractivity contribution in [3.05, 3.63) is 65.9 Å².